The minimum absolute atomic E-state index is 0.138. The fraction of sp³-hybridized carbons (Fsp3) is 0.412. The van der Waals surface area contributed by atoms with Crippen molar-refractivity contribution < 1.29 is 13.2 Å². The first kappa shape index (κ1) is 16.3. The number of sulfonamides is 1. The fourth-order valence-corrected chi connectivity index (χ4v) is 4.73. The maximum atomic E-state index is 12.6. The highest BCUT2D eigenvalue weighted by molar-refractivity contribution is 7.89. The number of hydrogen-bond acceptors (Lipinski definition) is 4. The summed E-state index contributed by atoms with van der Waals surface area (Å²) in [6.07, 6.45) is 7.75. The summed E-state index contributed by atoms with van der Waals surface area (Å²) in [6, 6.07) is 3.44. The first-order valence-electron chi connectivity index (χ1n) is 8.46. The van der Waals surface area contributed by atoms with Gasteiger partial charge in [0.2, 0.25) is 15.9 Å². The highest BCUT2D eigenvalue weighted by Gasteiger charge is 2.32. The summed E-state index contributed by atoms with van der Waals surface area (Å²) in [4.78, 5) is 18.0. The Morgan fingerprint density at radius 2 is 1.96 bits per heavy atom. The molecule has 132 valence electrons. The number of benzene rings is 1. The number of rotatable bonds is 6. The quantitative estimate of drug-likeness (QED) is 0.782. The Hall–Kier alpha value is -2.19. The number of aromatic nitrogens is 2. The zero-order valence-electron chi connectivity index (χ0n) is 13.8. The maximum absolute atomic E-state index is 12.6. The smallest absolute Gasteiger partial charge is 0.240 e. The zero-order chi connectivity index (χ0) is 17.4. The van der Waals surface area contributed by atoms with Gasteiger partial charge in [0.05, 0.1) is 16.9 Å². The van der Waals surface area contributed by atoms with Gasteiger partial charge in [-0.05, 0) is 42.5 Å². The van der Waals surface area contributed by atoms with E-state index in [1.165, 1.54) is 0 Å². The SMILES string of the molecule is O=C1CCc2cc(S(=O)(=O)NCCCn3ccnc3)cc3c2N1CC3. The van der Waals surface area contributed by atoms with Gasteiger partial charge in [0.15, 0.2) is 0 Å². The molecular weight excluding hydrogens is 340 g/mol. The standard InChI is InChI=1S/C17H20N4O3S/c22-16-3-2-13-10-15(11-14-4-8-21(16)17(13)14)25(23,24)19-5-1-7-20-9-6-18-12-20/h6,9-12,19H,1-5,7-8H2. The second kappa shape index (κ2) is 6.27. The van der Waals surface area contributed by atoms with Crippen LogP contribution in [0.15, 0.2) is 35.7 Å². The number of carbonyl (C=O) groups is 1. The van der Waals surface area contributed by atoms with Crippen molar-refractivity contribution in [1.29, 1.82) is 0 Å². The lowest BCUT2D eigenvalue weighted by atomic mass is 10.00. The molecule has 0 aliphatic carbocycles. The van der Waals surface area contributed by atoms with Crippen molar-refractivity contribution in [2.24, 2.45) is 0 Å². The van der Waals surface area contributed by atoms with Crippen LogP contribution in [0.2, 0.25) is 0 Å². The van der Waals surface area contributed by atoms with Gasteiger partial charge >= 0.3 is 0 Å². The Morgan fingerprint density at radius 1 is 1.16 bits per heavy atom. The van der Waals surface area contributed by atoms with Gasteiger partial charge in [0.1, 0.15) is 0 Å². The fourth-order valence-electron chi connectivity index (χ4n) is 3.55. The predicted octanol–water partition coefficient (Wildman–Crippen LogP) is 1.09. The molecule has 1 aromatic heterocycles. The van der Waals surface area contributed by atoms with Crippen LogP contribution in [0.5, 0.6) is 0 Å². The van der Waals surface area contributed by atoms with Crippen molar-refractivity contribution >= 4 is 21.6 Å². The molecule has 0 fully saturated rings. The summed E-state index contributed by atoms with van der Waals surface area (Å²) < 4.78 is 29.8. The van der Waals surface area contributed by atoms with Crippen molar-refractivity contribution in [2.45, 2.75) is 37.1 Å². The van der Waals surface area contributed by atoms with Gasteiger partial charge in [-0.25, -0.2) is 18.1 Å². The maximum Gasteiger partial charge on any atom is 0.240 e. The molecule has 8 heteroatoms. The van der Waals surface area contributed by atoms with E-state index in [0.717, 1.165) is 29.8 Å². The van der Waals surface area contributed by atoms with Crippen LogP contribution in [0.4, 0.5) is 5.69 Å². The monoisotopic (exact) mass is 360 g/mol. The summed E-state index contributed by atoms with van der Waals surface area (Å²) in [7, 11) is -3.54. The second-order valence-electron chi connectivity index (χ2n) is 6.44. The van der Waals surface area contributed by atoms with E-state index in [-0.39, 0.29) is 5.91 Å². The van der Waals surface area contributed by atoms with E-state index in [9.17, 15) is 13.2 Å². The first-order chi connectivity index (χ1) is 12.0. The molecule has 0 atom stereocenters. The number of carbonyl (C=O) groups excluding carboxylic acids is 1. The van der Waals surface area contributed by atoms with Crippen molar-refractivity contribution in [2.75, 3.05) is 18.0 Å². The summed E-state index contributed by atoms with van der Waals surface area (Å²) in [5.41, 5.74) is 2.87. The minimum Gasteiger partial charge on any atom is -0.337 e. The molecule has 2 aliphatic rings. The van der Waals surface area contributed by atoms with E-state index in [0.29, 0.717) is 37.2 Å². The lowest BCUT2D eigenvalue weighted by molar-refractivity contribution is -0.118. The van der Waals surface area contributed by atoms with Gasteiger partial charge in [-0.3, -0.25) is 4.79 Å². The molecule has 0 radical (unpaired) electrons. The largest absolute Gasteiger partial charge is 0.337 e. The number of aryl methyl sites for hydroxylation is 2. The van der Waals surface area contributed by atoms with Crippen LogP contribution >= 0.6 is 0 Å². The van der Waals surface area contributed by atoms with Gasteiger partial charge in [-0.1, -0.05) is 0 Å². The Kier molecular flexibility index (Phi) is 4.09. The van der Waals surface area contributed by atoms with Crippen molar-refractivity contribution in [3.63, 3.8) is 0 Å². The molecule has 0 saturated carbocycles. The molecule has 2 aliphatic heterocycles. The Balaban J connectivity index is 1.48. The van der Waals surface area contributed by atoms with E-state index in [2.05, 4.69) is 9.71 Å². The van der Waals surface area contributed by atoms with E-state index in [1.54, 1.807) is 29.6 Å². The number of hydrogen-bond donors (Lipinski definition) is 1. The molecule has 1 N–H and O–H groups in total. The van der Waals surface area contributed by atoms with Gasteiger partial charge in [0, 0.05) is 38.4 Å². The molecule has 3 heterocycles. The van der Waals surface area contributed by atoms with Gasteiger partial charge in [0.25, 0.3) is 0 Å². The summed E-state index contributed by atoms with van der Waals surface area (Å²) in [5, 5.41) is 0. The van der Waals surface area contributed by atoms with Crippen LogP contribution in [0.25, 0.3) is 0 Å². The lowest BCUT2D eigenvalue weighted by Crippen LogP contribution is -2.33. The molecule has 0 bridgehead atoms. The summed E-state index contributed by atoms with van der Waals surface area (Å²) in [6.45, 7) is 1.75. The molecule has 7 nitrogen and oxygen atoms in total. The van der Waals surface area contributed by atoms with E-state index in [4.69, 9.17) is 0 Å². The minimum atomic E-state index is -3.54. The Morgan fingerprint density at radius 3 is 2.72 bits per heavy atom. The number of nitrogens with one attached hydrogen (secondary N) is 1. The van der Waals surface area contributed by atoms with E-state index >= 15 is 0 Å². The molecule has 0 saturated heterocycles. The van der Waals surface area contributed by atoms with Crippen molar-refractivity contribution in [1.82, 2.24) is 14.3 Å². The van der Waals surface area contributed by atoms with Crippen LogP contribution < -0.4 is 9.62 Å². The second-order valence-corrected chi connectivity index (χ2v) is 8.20. The summed E-state index contributed by atoms with van der Waals surface area (Å²) >= 11 is 0. The van der Waals surface area contributed by atoms with Crippen LogP contribution in [-0.4, -0.2) is 37.0 Å². The normalized spacial score (nSPS) is 16.3. The molecular formula is C17H20N4O3S. The van der Waals surface area contributed by atoms with Gasteiger partial charge < -0.3 is 9.47 Å². The molecule has 1 amide bonds. The first-order valence-corrected chi connectivity index (χ1v) is 9.94. The number of anilines is 1. The zero-order valence-corrected chi connectivity index (χ0v) is 14.6. The number of nitrogens with zero attached hydrogens (tertiary/aromatic N) is 3. The number of imidazole rings is 1. The third-order valence-corrected chi connectivity index (χ3v) is 6.22. The van der Waals surface area contributed by atoms with Gasteiger partial charge in [-0.15, -0.1) is 0 Å². The Labute approximate surface area is 146 Å². The third-order valence-electron chi connectivity index (χ3n) is 4.78. The number of amides is 1. The third kappa shape index (κ3) is 3.07. The van der Waals surface area contributed by atoms with Crippen LogP contribution in [0.1, 0.15) is 24.0 Å². The molecule has 25 heavy (non-hydrogen) atoms. The van der Waals surface area contributed by atoms with Crippen LogP contribution in [-0.2, 0) is 34.2 Å². The highest BCUT2D eigenvalue weighted by atomic mass is 32.2. The topological polar surface area (TPSA) is 84.3 Å². The molecule has 2 aromatic rings. The molecule has 0 spiro atoms. The molecule has 0 unspecified atom stereocenters. The van der Waals surface area contributed by atoms with Crippen LogP contribution in [0, 0.1) is 0 Å². The predicted molar refractivity (Wildman–Crippen MR) is 92.9 cm³/mol. The van der Waals surface area contributed by atoms with Crippen molar-refractivity contribution in [3.05, 3.63) is 42.0 Å². The molecule has 1 aromatic carbocycles. The van der Waals surface area contributed by atoms with E-state index < -0.39 is 10.0 Å². The lowest BCUT2D eigenvalue weighted by Gasteiger charge is -2.25. The highest BCUT2D eigenvalue weighted by Crippen LogP contribution is 2.38. The van der Waals surface area contributed by atoms with Gasteiger partial charge in [-0.2, -0.15) is 0 Å². The summed E-state index contributed by atoms with van der Waals surface area (Å²) in [5.74, 6) is 0.138. The Bertz CT molecular complexity index is 906. The molecule has 4 rings (SSSR count). The van der Waals surface area contributed by atoms with E-state index in [1.807, 2.05) is 10.8 Å². The average Bonchev–Trinajstić information content (AvgIpc) is 3.25. The van der Waals surface area contributed by atoms with Crippen LogP contribution in [0.3, 0.4) is 0 Å². The van der Waals surface area contributed by atoms with Crippen molar-refractivity contribution in [3.8, 4) is 0 Å². The average molecular weight is 360 g/mol.